The van der Waals surface area contributed by atoms with Gasteiger partial charge in [0.2, 0.25) is 0 Å². The molecule has 2 aromatic heterocycles. The van der Waals surface area contributed by atoms with Crippen molar-refractivity contribution in [3.8, 4) is 33.8 Å². The zero-order chi connectivity index (χ0) is 29.7. The zero-order valence-corrected chi connectivity index (χ0v) is 29.2. The van der Waals surface area contributed by atoms with E-state index in [0.717, 1.165) is 40.1 Å². The molecule has 0 saturated heterocycles. The Hall–Kier alpha value is -3.63. The maximum atomic E-state index is 4.75. The summed E-state index contributed by atoms with van der Waals surface area (Å²) in [5.41, 5.74) is 9.15. The van der Waals surface area contributed by atoms with E-state index >= 15 is 0 Å². The van der Waals surface area contributed by atoms with Gasteiger partial charge in [-0.15, -0.1) is 71.3 Å². The molecule has 0 amide bonds. The fraction of sp³-hybridized carbons (Fsp3) is 0.211. The Bertz CT molecular complexity index is 1770. The number of imidazole rings is 1. The minimum atomic E-state index is -1.34. The molecule has 43 heavy (non-hydrogen) atoms. The molecule has 1 radical (unpaired) electrons. The fourth-order valence-corrected chi connectivity index (χ4v) is 6.86. The number of nitrogens with zero attached hydrogens (tertiary/aromatic N) is 3. The molecule has 3 nitrogen and oxygen atoms in total. The number of para-hydroxylation sites is 2. The molecule has 5 heteroatoms. The molecule has 2 heterocycles. The van der Waals surface area contributed by atoms with E-state index in [1.54, 1.807) is 0 Å². The van der Waals surface area contributed by atoms with E-state index in [2.05, 4.69) is 116 Å². The van der Waals surface area contributed by atoms with Crippen molar-refractivity contribution < 1.29 is 20.1 Å². The molecular weight excluding hydrogens is 719 g/mol. The summed E-state index contributed by atoms with van der Waals surface area (Å²) in [6, 6.07) is 41.7. The standard InChI is InChI=1S/C20H15N2.C18H24NSi.Ir/c1-22-19-13-6-5-12-18(19)21-20(22)17-11-7-10-16(14-17)15-8-3-2-4-9-15;1-14(2)11-16-12-17(15-9-7-6-8-10-15)19-13-18(16)20(3,4)5;/h2-10,12-14H,1H3;6-9,12-14H,11H2,1-5H3;/q2*-1;. The Labute approximate surface area is 271 Å². The fourth-order valence-electron chi connectivity index (χ4n) is 5.27. The van der Waals surface area contributed by atoms with Crippen LogP contribution in [-0.2, 0) is 33.6 Å². The Balaban J connectivity index is 0.000000194. The van der Waals surface area contributed by atoms with Crippen molar-refractivity contribution in [2.45, 2.75) is 39.9 Å². The largest absolute Gasteiger partial charge is 0.367 e. The molecule has 0 saturated carbocycles. The van der Waals surface area contributed by atoms with Crippen LogP contribution in [0.25, 0.3) is 44.8 Å². The first-order valence-electron chi connectivity index (χ1n) is 14.7. The van der Waals surface area contributed by atoms with E-state index in [4.69, 9.17) is 4.98 Å². The van der Waals surface area contributed by atoms with Crippen LogP contribution < -0.4 is 5.19 Å². The summed E-state index contributed by atoms with van der Waals surface area (Å²) in [5.74, 6) is 1.61. The number of pyridine rings is 1. The summed E-state index contributed by atoms with van der Waals surface area (Å²) in [4.78, 5) is 9.44. The van der Waals surface area contributed by atoms with Crippen LogP contribution in [0.3, 0.4) is 0 Å². The summed E-state index contributed by atoms with van der Waals surface area (Å²) in [5, 5.41) is 1.49. The van der Waals surface area contributed by atoms with Crippen molar-refractivity contribution in [3.05, 3.63) is 127 Å². The Morgan fingerprint density at radius 3 is 2.14 bits per heavy atom. The molecule has 6 aromatic rings. The molecule has 0 bridgehead atoms. The van der Waals surface area contributed by atoms with Crippen LogP contribution in [0.5, 0.6) is 0 Å². The van der Waals surface area contributed by atoms with Crippen LogP contribution in [0.4, 0.5) is 0 Å². The third-order valence-electron chi connectivity index (χ3n) is 7.35. The van der Waals surface area contributed by atoms with E-state index in [9.17, 15) is 0 Å². The van der Waals surface area contributed by atoms with Crippen molar-refractivity contribution in [1.29, 1.82) is 0 Å². The molecular formula is C38H39IrN3Si-2. The average molecular weight is 758 g/mol. The SMILES string of the molecule is CC(C)Cc1cc(-c2[c-]cccc2)ncc1[Si](C)(C)C.Cn1c(-c2[c-]ccc(-c3ccccc3)c2)nc2ccccc21.[Ir]. The van der Waals surface area contributed by atoms with Crippen molar-refractivity contribution in [2.75, 3.05) is 0 Å². The number of fused-ring (bicyclic) bond motifs is 1. The molecule has 6 rings (SSSR count). The second-order valence-electron chi connectivity index (χ2n) is 12.2. The van der Waals surface area contributed by atoms with Gasteiger partial charge in [0, 0.05) is 33.3 Å². The van der Waals surface area contributed by atoms with Gasteiger partial charge in [-0.2, -0.15) is 0 Å². The molecule has 0 spiro atoms. The summed E-state index contributed by atoms with van der Waals surface area (Å²) < 4.78 is 2.12. The van der Waals surface area contributed by atoms with E-state index in [1.165, 1.54) is 21.9 Å². The van der Waals surface area contributed by atoms with Gasteiger partial charge in [-0.05, 0) is 40.9 Å². The first-order valence-corrected chi connectivity index (χ1v) is 18.2. The van der Waals surface area contributed by atoms with Gasteiger partial charge >= 0.3 is 0 Å². The molecule has 0 N–H and O–H groups in total. The van der Waals surface area contributed by atoms with Crippen molar-refractivity contribution >= 4 is 24.3 Å². The van der Waals surface area contributed by atoms with E-state index < -0.39 is 8.07 Å². The van der Waals surface area contributed by atoms with Gasteiger partial charge in [0.15, 0.2) is 0 Å². The molecule has 0 aliphatic carbocycles. The third kappa shape index (κ3) is 7.86. The monoisotopic (exact) mass is 758 g/mol. The smallest absolute Gasteiger partial charge is 0.0798 e. The molecule has 0 atom stereocenters. The van der Waals surface area contributed by atoms with E-state index in [1.807, 2.05) is 55.6 Å². The number of benzene rings is 4. The van der Waals surface area contributed by atoms with Gasteiger partial charge in [0.1, 0.15) is 0 Å². The van der Waals surface area contributed by atoms with Crippen LogP contribution in [-0.4, -0.2) is 22.6 Å². The summed E-state index contributed by atoms with van der Waals surface area (Å²) in [7, 11) is 0.708. The molecule has 221 valence electrons. The molecule has 0 aliphatic rings. The Kier molecular flexibility index (Phi) is 10.7. The van der Waals surface area contributed by atoms with E-state index in [0.29, 0.717) is 5.92 Å². The maximum Gasteiger partial charge on any atom is 0.0798 e. The number of hydrogen-bond acceptors (Lipinski definition) is 2. The minimum Gasteiger partial charge on any atom is -0.367 e. The van der Waals surface area contributed by atoms with Gasteiger partial charge in [0.05, 0.1) is 24.9 Å². The van der Waals surface area contributed by atoms with Gasteiger partial charge in [-0.3, -0.25) is 4.98 Å². The van der Waals surface area contributed by atoms with Crippen LogP contribution >= 0.6 is 0 Å². The first-order chi connectivity index (χ1) is 20.2. The molecule has 0 aliphatic heterocycles. The first kappa shape index (κ1) is 32.3. The summed E-state index contributed by atoms with van der Waals surface area (Å²) >= 11 is 0. The predicted molar refractivity (Wildman–Crippen MR) is 180 cm³/mol. The molecule has 4 aromatic carbocycles. The normalized spacial score (nSPS) is 11.1. The van der Waals surface area contributed by atoms with Crippen molar-refractivity contribution in [1.82, 2.24) is 14.5 Å². The predicted octanol–water partition coefficient (Wildman–Crippen LogP) is 9.00. The average Bonchev–Trinajstić information content (AvgIpc) is 3.34. The maximum absolute atomic E-state index is 4.75. The zero-order valence-electron chi connectivity index (χ0n) is 25.9. The molecule has 0 fully saturated rings. The van der Waals surface area contributed by atoms with Crippen LogP contribution in [0.2, 0.25) is 19.6 Å². The van der Waals surface area contributed by atoms with Crippen molar-refractivity contribution in [3.63, 3.8) is 0 Å². The quantitative estimate of drug-likeness (QED) is 0.126. The van der Waals surface area contributed by atoms with Crippen LogP contribution in [0, 0.1) is 18.1 Å². The van der Waals surface area contributed by atoms with Gasteiger partial charge in [0.25, 0.3) is 0 Å². The van der Waals surface area contributed by atoms with E-state index in [-0.39, 0.29) is 20.1 Å². The number of rotatable bonds is 6. The van der Waals surface area contributed by atoms with Gasteiger partial charge < -0.3 is 9.55 Å². The molecule has 0 unspecified atom stereocenters. The second kappa shape index (κ2) is 14.2. The Morgan fingerprint density at radius 2 is 1.47 bits per heavy atom. The minimum absolute atomic E-state index is 0. The Morgan fingerprint density at radius 1 is 0.767 bits per heavy atom. The second-order valence-corrected chi connectivity index (χ2v) is 17.2. The van der Waals surface area contributed by atoms with Gasteiger partial charge in [-0.1, -0.05) is 87.6 Å². The summed E-state index contributed by atoms with van der Waals surface area (Å²) in [6.07, 6.45) is 3.24. The summed E-state index contributed by atoms with van der Waals surface area (Å²) in [6.45, 7) is 11.7. The van der Waals surface area contributed by atoms with Crippen molar-refractivity contribution in [2.24, 2.45) is 13.0 Å². The topological polar surface area (TPSA) is 30.7 Å². The number of aromatic nitrogens is 3. The number of hydrogen-bond donors (Lipinski definition) is 0. The number of aryl methyl sites for hydroxylation is 1. The van der Waals surface area contributed by atoms with Crippen LogP contribution in [0.1, 0.15) is 19.4 Å². The third-order valence-corrected chi connectivity index (χ3v) is 9.41. The van der Waals surface area contributed by atoms with Gasteiger partial charge in [-0.25, -0.2) is 0 Å². The van der Waals surface area contributed by atoms with Crippen LogP contribution in [0.15, 0.2) is 109 Å².